The van der Waals surface area contributed by atoms with Gasteiger partial charge in [0.25, 0.3) is 0 Å². The minimum atomic E-state index is 0.602. The molecule has 2 aliphatic carbocycles. The Bertz CT molecular complexity index is 312. The van der Waals surface area contributed by atoms with Gasteiger partial charge in [-0.25, -0.2) is 0 Å². The van der Waals surface area contributed by atoms with Gasteiger partial charge in [0.1, 0.15) is 0 Å². The fraction of sp³-hybridized carbons (Fsp3) is 0.765. The van der Waals surface area contributed by atoms with Crippen LogP contribution in [0.3, 0.4) is 0 Å². The first-order valence-electron chi connectivity index (χ1n) is 7.44. The molecule has 0 aromatic carbocycles. The van der Waals surface area contributed by atoms with E-state index < -0.39 is 0 Å². The Kier molecular flexibility index (Phi) is 3.80. The van der Waals surface area contributed by atoms with E-state index in [1.807, 2.05) is 0 Å². The van der Waals surface area contributed by atoms with Crippen molar-refractivity contribution in [1.82, 2.24) is 0 Å². The quantitative estimate of drug-likeness (QED) is 0.560. The summed E-state index contributed by atoms with van der Waals surface area (Å²) in [7, 11) is 0. The van der Waals surface area contributed by atoms with Crippen LogP contribution in [0.15, 0.2) is 24.3 Å². The van der Waals surface area contributed by atoms with E-state index >= 15 is 0 Å². The van der Waals surface area contributed by atoms with Gasteiger partial charge in [0.2, 0.25) is 0 Å². The summed E-state index contributed by atoms with van der Waals surface area (Å²) in [5.74, 6) is 2.94. The SMILES string of the molecule is C=CCCC1(C)CCC(=CC)C2C(CCC)C21. The van der Waals surface area contributed by atoms with Gasteiger partial charge in [-0.3, -0.25) is 0 Å². The van der Waals surface area contributed by atoms with E-state index in [-0.39, 0.29) is 0 Å². The van der Waals surface area contributed by atoms with E-state index in [9.17, 15) is 0 Å². The lowest BCUT2D eigenvalue weighted by molar-refractivity contribution is 0.193. The fourth-order valence-electron chi connectivity index (χ4n) is 4.35. The van der Waals surface area contributed by atoms with Crippen molar-refractivity contribution in [2.24, 2.45) is 23.2 Å². The second kappa shape index (κ2) is 5.00. The molecule has 0 N–H and O–H groups in total. The molecule has 0 aliphatic heterocycles. The van der Waals surface area contributed by atoms with Crippen molar-refractivity contribution in [2.75, 3.05) is 0 Å². The topological polar surface area (TPSA) is 0 Å². The maximum atomic E-state index is 3.89. The number of hydrogen-bond donors (Lipinski definition) is 0. The molecular weight excluding hydrogens is 204 g/mol. The molecule has 0 heteroatoms. The monoisotopic (exact) mass is 232 g/mol. The molecule has 4 atom stereocenters. The van der Waals surface area contributed by atoms with Crippen molar-refractivity contribution in [3.63, 3.8) is 0 Å². The molecule has 4 unspecified atom stereocenters. The first kappa shape index (κ1) is 12.9. The second-order valence-electron chi connectivity index (χ2n) is 6.35. The average molecular weight is 232 g/mol. The zero-order chi connectivity index (χ0) is 12.5. The third-order valence-electron chi connectivity index (χ3n) is 5.30. The predicted molar refractivity (Wildman–Crippen MR) is 75.9 cm³/mol. The van der Waals surface area contributed by atoms with E-state index in [4.69, 9.17) is 0 Å². The van der Waals surface area contributed by atoms with E-state index in [0.29, 0.717) is 5.41 Å². The summed E-state index contributed by atoms with van der Waals surface area (Å²) in [5.41, 5.74) is 2.37. The minimum Gasteiger partial charge on any atom is -0.103 e. The van der Waals surface area contributed by atoms with Gasteiger partial charge in [-0.2, -0.15) is 0 Å². The van der Waals surface area contributed by atoms with Crippen molar-refractivity contribution in [3.05, 3.63) is 24.3 Å². The molecular formula is C17H28. The molecule has 0 heterocycles. The lowest BCUT2D eigenvalue weighted by Gasteiger charge is -2.34. The highest BCUT2D eigenvalue weighted by Gasteiger charge is 2.60. The van der Waals surface area contributed by atoms with Crippen LogP contribution < -0.4 is 0 Å². The molecule has 17 heavy (non-hydrogen) atoms. The van der Waals surface area contributed by atoms with Crippen LogP contribution >= 0.6 is 0 Å². The van der Waals surface area contributed by atoms with E-state index in [0.717, 1.165) is 17.8 Å². The lowest BCUT2D eigenvalue weighted by Crippen LogP contribution is -2.24. The smallest absolute Gasteiger partial charge is 0.0136 e. The molecule has 0 saturated heterocycles. The molecule has 2 rings (SSSR count). The van der Waals surface area contributed by atoms with Crippen molar-refractivity contribution < 1.29 is 0 Å². The molecule has 0 bridgehead atoms. The van der Waals surface area contributed by atoms with E-state index in [2.05, 4.69) is 39.5 Å². The number of allylic oxidation sites excluding steroid dienone is 3. The molecule has 2 saturated carbocycles. The summed E-state index contributed by atoms with van der Waals surface area (Å²) in [5, 5.41) is 0. The minimum absolute atomic E-state index is 0.602. The first-order valence-corrected chi connectivity index (χ1v) is 7.44. The Morgan fingerprint density at radius 3 is 2.82 bits per heavy atom. The molecule has 0 radical (unpaired) electrons. The van der Waals surface area contributed by atoms with Crippen molar-refractivity contribution in [2.45, 2.75) is 59.3 Å². The highest BCUT2D eigenvalue weighted by molar-refractivity contribution is 5.25. The van der Waals surface area contributed by atoms with Gasteiger partial charge in [-0.15, -0.1) is 6.58 Å². The van der Waals surface area contributed by atoms with Gasteiger partial charge in [-0.05, 0) is 62.2 Å². The normalized spacial score (nSPS) is 42.3. The first-order chi connectivity index (χ1) is 8.18. The Morgan fingerprint density at radius 1 is 1.47 bits per heavy atom. The van der Waals surface area contributed by atoms with E-state index in [1.54, 1.807) is 5.57 Å². The zero-order valence-electron chi connectivity index (χ0n) is 11.8. The van der Waals surface area contributed by atoms with Gasteiger partial charge >= 0.3 is 0 Å². The molecule has 0 spiro atoms. The fourth-order valence-corrected chi connectivity index (χ4v) is 4.35. The average Bonchev–Trinajstić information content (AvgIpc) is 3.04. The Balaban J connectivity index is 2.10. The maximum absolute atomic E-state index is 3.89. The van der Waals surface area contributed by atoms with E-state index in [1.165, 1.54) is 38.5 Å². The maximum Gasteiger partial charge on any atom is -0.0136 e. The molecule has 2 aliphatic rings. The van der Waals surface area contributed by atoms with Crippen LogP contribution in [0.25, 0.3) is 0 Å². The molecule has 0 aromatic rings. The summed E-state index contributed by atoms with van der Waals surface area (Å²) >= 11 is 0. The van der Waals surface area contributed by atoms with Gasteiger partial charge in [0.05, 0.1) is 0 Å². The zero-order valence-corrected chi connectivity index (χ0v) is 11.8. The molecule has 0 amide bonds. The third kappa shape index (κ3) is 2.23. The molecule has 0 aromatic heterocycles. The third-order valence-corrected chi connectivity index (χ3v) is 5.30. The number of fused-ring (bicyclic) bond motifs is 1. The van der Waals surface area contributed by atoms with Gasteiger partial charge < -0.3 is 0 Å². The Labute approximate surface area is 107 Å². The van der Waals surface area contributed by atoms with Crippen molar-refractivity contribution in [3.8, 4) is 0 Å². The van der Waals surface area contributed by atoms with Crippen molar-refractivity contribution >= 4 is 0 Å². The highest BCUT2D eigenvalue weighted by Crippen LogP contribution is 2.68. The molecule has 2 fully saturated rings. The summed E-state index contributed by atoms with van der Waals surface area (Å²) in [6.45, 7) is 11.0. The van der Waals surface area contributed by atoms with Crippen LogP contribution in [-0.2, 0) is 0 Å². The van der Waals surface area contributed by atoms with Crippen LogP contribution in [0.4, 0.5) is 0 Å². The van der Waals surface area contributed by atoms with Crippen molar-refractivity contribution in [1.29, 1.82) is 0 Å². The number of hydrogen-bond acceptors (Lipinski definition) is 0. The van der Waals surface area contributed by atoms with Crippen LogP contribution in [0.5, 0.6) is 0 Å². The van der Waals surface area contributed by atoms with Crippen LogP contribution in [0.2, 0.25) is 0 Å². The van der Waals surface area contributed by atoms with Gasteiger partial charge in [0, 0.05) is 0 Å². The van der Waals surface area contributed by atoms with Crippen LogP contribution in [0.1, 0.15) is 59.3 Å². The summed E-state index contributed by atoms with van der Waals surface area (Å²) in [4.78, 5) is 0. The number of rotatable bonds is 5. The summed E-state index contributed by atoms with van der Waals surface area (Å²) in [6, 6.07) is 0. The molecule has 96 valence electrons. The summed E-state index contributed by atoms with van der Waals surface area (Å²) < 4.78 is 0. The summed E-state index contributed by atoms with van der Waals surface area (Å²) in [6.07, 6.45) is 12.6. The second-order valence-corrected chi connectivity index (χ2v) is 6.35. The van der Waals surface area contributed by atoms with Crippen LogP contribution in [-0.4, -0.2) is 0 Å². The predicted octanol–water partition coefficient (Wildman–Crippen LogP) is 5.36. The highest BCUT2D eigenvalue weighted by atomic mass is 14.6. The standard InChI is InChI=1S/C17H28/c1-5-8-11-17(4)12-10-13(7-3)15-14(9-6-2)16(15)17/h5,7,14-16H,1,6,8-12H2,2-4H3. The van der Waals surface area contributed by atoms with Crippen LogP contribution in [0, 0.1) is 23.2 Å². The van der Waals surface area contributed by atoms with Gasteiger partial charge in [-0.1, -0.05) is 38.0 Å². The van der Waals surface area contributed by atoms with Gasteiger partial charge in [0.15, 0.2) is 0 Å². The molecule has 0 nitrogen and oxygen atoms in total. The largest absolute Gasteiger partial charge is 0.103 e. The Hall–Kier alpha value is -0.520. The Morgan fingerprint density at radius 2 is 2.24 bits per heavy atom. The lowest BCUT2D eigenvalue weighted by atomic mass is 9.70.